The van der Waals surface area contributed by atoms with Crippen LogP contribution in [-0.4, -0.2) is 43.0 Å². The fourth-order valence-electron chi connectivity index (χ4n) is 4.05. The highest BCUT2D eigenvalue weighted by molar-refractivity contribution is 5.87. The zero-order valence-corrected chi connectivity index (χ0v) is 14.6. The van der Waals surface area contributed by atoms with Gasteiger partial charge in [0.2, 0.25) is 0 Å². The zero-order chi connectivity index (χ0) is 17.4. The molecule has 4 rings (SSSR count). The molecule has 0 amide bonds. The summed E-state index contributed by atoms with van der Waals surface area (Å²) >= 11 is 0. The Bertz CT molecular complexity index is 791. The average Bonchev–Trinajstić information content (AvgIpc) is 2.67. The normalized spacial score (nSPS) is 22.9. The molecule has 5 nitrogen and oxygen atoms in total. The number of fused-ring (bicyclic) bond motifs is 3. The second-order valence-electron chi connectivity index (χ2n) is 6.64. The lowest BCUT2D eigenvalue weighted by molar-refractivity contribution is -0.125. The first-order valence-corrected chi connectivity index (χ1v) is 8.63. The first-order valence-electron chi connectivity index (χ1n) is 8.63. The lowest BCUT2D eigenvalue weighted by Gasteiger charge is -2.42. The predicted octanol–water partition coefficient (Wildman–Crippen LogP) is 2.75. The van der Waals surface area contributed by atoms with Crippen LogP contribution in [-0.2, 0) is 11.2 Å². The molecule has 25 heavy (non-hydrogen) atoms. The molecule has 3 heterocycles. The van der Waals surface area contributed by atoms with E-state index in [4.69, 9.17) is 9.47 Å². The van der Waals surface area contributed by atoms with Gasteiger partial charge in [-0.15, -0.1) is 0 Å². The number of pyridine rings is 1. The number of carbonyl (C=O) groups excluding carboxylic acids is 1. The predicted molar refractivity (Wildman–Crippen MR) is 94.2 cm³/mol. The molecule has 2 aliphatic heterocycles. The number of ether oxygens (including phenoxy) is 2. The smallest absolute Gasteiger partial charge is 0.161 e. The Kier molecular flexibility index (Phi) is 4.17. The third-order valence-corrected chi connectivity index (χ3v) is 5.36. The van der Waals surface area contributed by atoms with Crippen molar-refractivity contribution in [3.05, 3.63) is 53.3 Å². The fraction of sp³-hybridized carbons (Fsp3) is 0.400. The van der Waals surface area contributed by atoms with Crippen molar-refractivity contribution in [2.24, 2.45) is 0 Å². The van der Waals surface area contributed by atoms with Crippen LogP contribution in [0.5, 0.6) is 11.5 Å². The highest BCUT2D eigenvalue weighted by Crippen LogP contribution is 2.43. The van der Waals surface area contributed by atoms with Gasteiger partial charge >= 0.3 is 0 Å². The van der Waals surface area contributed by atoms with E-state index in [1.54, 1.807) is 20.4 Å². The maximum atomic E-state index is 12.8. The van der Waals surface area contributed by atoms with Crippen LogP contribution in [0, 0.1) is 0 Å². The minimum Gasteiger partial charge on any atom is -0.493 e. The van der Waals surface area contributed by atoms with Gasteiger partial charge in [0.1, 0.15) is 5.78 Å². The molecule has 5 heteroatoms. The first kappa shape index (κ1) is 16.1. The largest absolute Gasteiger partial charge is 0.493 e. The van der Waals surface area contributed by atoms with Crippen molar-refractivity contribution in [2.75, 3.05) is 27.3 Å². The van der Waals surface area contributed by atoms with Gasteiger partial charge in [-0.2, -0.15) is 0 Å². The maximum Gasteiger partial charge on any atom is 0.161 e. The lowest BCUT2D eigenvalue weighted by atomic mass is 9.81. The fourth-order valence-corrected chi connectivity index (χ4v) is 4.05. The molecule has 2 unspecified atom stereocenters. The van der Waals surface area contributed by atoms with E-state index in [0.29, 0.717) is 6.42 Å². The van der Waals surface area contributed by atoms with E-state index in [2.05, 4.69) is 16.0 Å². The molecule has 1 saturated heterocycles. The van der Waals surface area contributed by atoms with Gasteiger partial charge < -0.3 is 9.47 Å². The van der Waals surface area contributed by atoms with Crippen LogP contribution in [0.25, 0.3) is 0 Å². The SMILES string of the molecule is COc1cc2c(cc1OC)C1CC(=O)C(c3ccccn3)CN1CC2. The van der Waals surface area contributed by atoms with E-state index in [0.717, 1.165) is 36.7 Å². The third-order valence-electron chi connectivity index (χ3n) is 5.36. The van der Waals surface area contributed by atoms with Crippen molar-refractivity contribution < 1.29 is 14.3 Å². The Labute approximate surface area is 147 Å². The van der Waals surface area contributed by atoms with Crippen LogP contribution in [0.2, 0.25) is 0 Å². The molecule has 2 aliphatic rings. The minimum atomic E-state index is -0.126. The summed E-state index contributed by atoms with van der Waals surface area (Å²) in [6, 6.07) is 10.0. The van der Waals surface area contributed by atoms with Crippen LogP contribution >= 0.6 is 0 Å². The minimum absolute atomic E-state index is 0.121. The molecular weight excluding hydrogens is 316 g/mol. The van der Waals surface area contributed by atoms with Crippen molar-refractivity contribution in [1.29, 1.82) is 0 Å². The summed E-state index contributed by atoms with van der Waals surface area (Å²) in [4.78, 5) is 19.6. The molecule has 1 aromatic heterocycles. The standard InChI is InChI=1S/C20H22N2O3/c1-24-19-9-13-6-8-22-12-15(16-5-3-4-7-21-16)18(23)11-17(22)14(13)10-20(19)25-2/h3-5,7,9-10,15,17H,6,8,11-12H2,1-2H3. The average molecular weight is 338 g/mol. The van der Waals surface area contributed by atoms with E-state index in [1.807, 2.05) is 24.3 Å². The van der Waals surface area contributed by atoms with E-state index in [-0.39, 0.29) is 17.7 Å². The second kappa shape index (κ2) is 6.48. The number of piperidine rings is 1. The van der Waals surface area contributed by atoms with Crippen molar-refractivity contribution >= 4 is 5.78 Å². The summed E-state index contributed by atoms with van der Waals surface area (Å²) in [7, 11) is 3.30. The van der Waals surface area contributed by atoms with Crippen LogP contribution < -0.4 is 9.47 Å². The molecule has 130 valence electrons. The van der Waals surface area contributed by atoms with E-state index >= 15 is 0 Å². The second-order valence-corrected chi connectivity index (χ2v) is 6.64. The molecule has 1 fully saturated rings. The van der Waals surface area contributed by atoms with Crippen LogP contribution in [0.15, 0.2) is 36.5 Å². The number of methoxy groups -OCH3 is 2. The third kappa shape index (κ3) is 2.78. The van der Waals surface area contributed by atoms with Gasteiger partial charge in [0.15, 0.2) is 11.5 Å². The zero-order valence-electron chi connectivity index (χ0n) is 14.6. The molecular formula is C20H22N2O3. The van der Waals surface area contributed by atoms with Gasteiger partial charge in [0.25, 0.3) is 0 Å². The Balaban J connectivity index is 1.66. The number of hydrogen-bond acceptors (Lipinski definition) is 5. The first-order chi connectivity index (χ1) is 12.2. The van der Waals surface area contributed by atoms with Crippen LogP contribution in [0.4, 0.5) is 0 Å². The number of carbonyl (C=O) groups is 1. The number of hydrogen-bond donors (Lipinski definition) is 0. The summed E-state index contributed by atoms with van der Waals surface area (Å²) in [5.41, 5.74) is 3.32. The Morgan fingerprint density at radius 2 is 1.96 bits per heavy atom. The monoisotopic (exact) mass is 338 g/mol. The maximum absolute atomic E-state index is 12.8. The van der Waals surface area contributed by atoms with Gasteiger partial charge in [0, 0.05) is 31.7 Å². The van der Waals surface area contributed by atoms with Gasteiger partial charge in [-0.05, 0) is 41.8 Å². The van der Waals surface area contributed by atoms with Crippen LogP contribution in [0.1, 0.15) is 35.2 Å². The van der Waals surface area contributed by atoms with Gasteiger partial charge in [-0.3, -0.25) is 14.7 Å². The molecule has 2 atom stereocenters. The van der Waals surface area contributed by atoms with E-state index in [9.17, 15) is 4.79 Å². The Morgan fingerprint density at radius 1 is 1.16 bits per heavy atom. The number of ketones is 1. The number of Topliss-reactive ketones (excluding diaryl/α,β-unsaturated/α-hetero) is 1. The molecule has 1 aromatic carbocycles. The summed E-state index contributed by atoms with van der Waals surface area (Å²) in [6.07, 6.45) is 3.23. The number of nitrogens with zero attached hydrogens (tertiary/aromatic N) is 2. The molecule has 0 aliphatic carbocycles. The van der Waals surface area contributed by atoms with Crippen molar-refractivity contribution in [3.63, 3.8) is 0 Å². The Hall–Kier alpha value is -2.40. The molecule has 0 saturated carbocycles. The van der Waals surface area contributed by atoms with Crippen molar-refractivity contribution in [2.45, 2.75) is 24.8 Å². The topological polar surface area (TPSA) is 51.7 Å². The summed E-state index contributed by atoms with van der Waals surface area (Å²) in [6.45, 7) is 1.68. The molecule has 0 bridgehead atoms. The molecule has 2 aromatic rings. The number of rotatable bonds is 3. The number of benzene rings is 1. The summed E-state index contributed by atoms with van der Waals surface area (Å²) in [5, 5.41) is 0. The molecule has 0 spiro atoms. The van der Waals surface area contributed by atoms with E-state index < -0.39 is 0 Å². The highest BCUT2D eigenvalue weighted by Gasteiger charge is 2.39. The Morgan fingerprint density at radius 3 is 2.68 bits per heavy atom. The molecule has 0 radical (unpaired) electrons. The van der Waals surface area contributed by atoms with Gasteiger partial charge in [-0.25, -0.2) is 0 Å². The van der Waals surface area contributed by atoms with E-state index in [1.165, 1.54) is 11.1 Å². The lowest BCUT2D eigenvalue weighted by Crippen LogP contribution is -2.45. The summed E-state index contributed by atoms with van der Waals surface area (Å²) < 4.78 is 10.9. The van der Waals surface area contributed by atoms with Gasteiger partial charge in [-0.1, -0.05) is 6.07 Å². The van der Waals surface area contributed by atoms with Crippen molar-refractivity contribution in [3.8, 4) is 11.5 Å². The molecule has 0 N–H and O–H groups in total. The van der Waals surface area contributed by atoms with Crippen molar-refractivity contribution in [1.82, 2.24) is 9.88 Å². The number of aromatic nitrogens is 1. The van der Waals surface area contributed by atoms with Crippen LogP contribution in [0.3, 0.4) is 0 Å². The quantitative estimate of drug-likeness (QED) is 0.861. The summed E-state index contributed by atoms with van der Waals surface area (Å²) in [5.74, 6) is 1.62. The highest BCUT2D eigenvalue weighted by atomic mass is 16.5. The van der Waals surface area contributed by atoms with Gasteiger partial charge in [0.05, 0.1) is 25.8 Å².